The zero-order chi connectivity index (χ0) is 11.4. The molecular weight excluding hydrogens is 216 g/mol. The van der Waals surface area contributed by atoms with Gasteiger partial charge in [-0.1, -0.05) is 17.7 Å². The minimum atomic E-state index is -0.548. The highest BCUT2D eigenvalue weighted by molar-refractivity contribution is 6.30. The molecule has 1 aromatic rings. The number of likely N-dealkylation sites (N-methyl/N-ethyl adjacent to an activating group) is 1. The Morgan fingerprint density at radius 2 is 2.13 bits per heavy atom. The Hall–Kier alpha value is -1.55. The molecule has 80 valence electrons. The van der Waals surface area contributed by atoms with Gasteiger partial charge in [-0.15, -0.1) is 0 Å². The molecule has 0 bridgehead atoms. The van der Waals surface area contributed by atoms with Crippen LogP contribution in [-0.4, -0.2) is 30.3 Å². The van der Waals surface area contributed by atoms with Gasteiger partial charge in [-0.3, -0.25) is 9.59 Å². The van der Waals surface area contributed by atoms with Crippen LogP contribution in [0.1, 0.15) is 10.4 Å². The lowest BCUT2D eigenvalue weighted by atomic mass is 10.2. The highest BCUT2D eigenvalue weighted by atomic mass is 35.5. The van der Waals surface area contributed by atoms with Crippen LogP contribution in [0.25, 0.3) is 0 Å². The first-order chi connectivity index (χ1) is 7.00. The van der Waals surface area contributed by atoms with Gasteiger partial charge in [0.1, 0.15) is 0 Å². The lowest BCUT2D eigenvalue weighted by molar-refractivity contribution is -0.118. The maximum atomic E-state index is 11.7. The highest BCUT2D eigenvalue weighted by Crippen LogP contribution is 2.11. The molecule has 15 heavy (non-hydrogen) atoms. The zero-order valence-electron chi connectivity index (χ0n) is 8.24. The molecule has 0 saturated heterocycles. The Labute approximate surface area is 92.6 Å². The fourth-order valence-corrected chi connectivity index (χ4v) is 1.34. The van der Waals surface area contributed by atoms with E-state index in [1.165, 1.54) is 11.9 Å². The molecule has 0 aliphatic rings. The number of hydrogen-bond donors (Lipinski definition) is 1. The summed E-state index contributed by atoms with van der Waals surface area (Å²) in [4.78, 5) is 23.6. The standard InChI is InChI=1S/C10H11ClN2O2/c1-13(6-9(12)14)10(15)7-3-2-4-8(11)5-7/h2-5H,6H2,1H3,(H2,12,14). The van der Waals surface area contributed by atoms with Crippen molar-refractivity contribution >= 4 is 23.4 Å². The minimum absolute atomic E-state index is 0.106. The second-order valence-corrected chi connectivity index (χ2v) is 3.57. The van der Waals surface area contributed by atoms with E-state index in [2.05, 4.69) is 0 Å². The van der Waals surface area contributed by atoms with Crippen molar-refractivity contribution in [2.45, 2.75) is 0 Å². The molecule has 0 atom stereocenters. The third kappa shape index (κ3) is 3.25. The monoisotopic (exact) mass is 226 g/mol. The van der Waals surface area contributed by atoms with Crippen molar-refractivity contribution in [3.63, 3.8) is 0 Å². The maximum absolute atomic E-state index is 11.7. The van der Waals surface area contributed by atoms with Gasteiger partial charge in [0.15, 0.2) is 0 Å². The van der Waals surface area contributed by atoms with Crippen LogP contribution in [0, 0.1) is 0 Å². The smallest absolute Gasteiger partial charge is 0.254 e. The number of halogens is 1. The summed E-state index contributed by atoms with van der Waals surface area (Å²) in [6.07, 6.45) is 0. The highest BCUT2D eigenvalue weighted by Gasteiger charge is 2.13. The van der Waals surface area contributed by atoms with E-state index in [1.54, 1.807) is 24.3 Å². The van der Waals surface area contributed by atoms with Crippen molar-refractivity contribution in [3.8, 4) is 0 Å². The molecule has 0 saturated carbocycles. The Kier molecular flexibility index (Phi) is 3.68. The van der Waals surface area contributed by atoms with Gasteiger partial charge in [0, 0.05) is 17.6 Å². The molecule has 1 aromatic carbocycles. The van der Waals surface area contributed by atoms with E-state index < -0.39 is 5.91 Å². The second kappa shape index (κ2) is 4.79. The molecule has 2 N–H and O–H groups in total. The van der Waals surface area contributed by atoms with Crippen molar-refractivity contribution in [1.82, 2.24) is 4.90 Å². The first kappa shape index (κ1) is 11.5. The molecule has 0 aromatic heterocycles. The number of carbonyl (C=O) groups is 2. The average Bonchev–Trinajstić information content (AvgIpc) is 2.15. The zero-order valence-corrected chi connectivity index (χ0v) is 8.99. The van der Waals surface area contributed by atoms with E-state index in [0.29, 0.717) is 10.6 Å². The summed E-state index contributed by atoms with van der Waals surface area (Å²) >= 11 is 5.74. The summed E-state index contributed by atoms with van der Waals surface area (Å²) in [6, 6.07) is 6.52. The van der Waals surface area contributed by atoms with Crippen LogP contribution in [0.2, 0.25) is 5.02 Å². The number of primary amides is 1. The summed E-state index contributed by atoms with van der Waals surface area (Å²) in [5.41, 5.74) is 5.42. The fraction of sp³-hybridized carbons (Fsp3) is 0.200. The fourth-order valence-electron chi connectivity index (χ4n) is 1.15. The number of amides is 2. The second-order valence-electron chi connectivity index (χ2n) is 3.14. The third-order valence-electron chi connectivity index (χ3n) is 1.81. The molecule has 0 spiro atoms. The van der Waals surface area contributed by atoms with Gasteiger partial charge in [0.25, 0.3) is 5.91 Å². The van der Waals surface area contributed by atoms with E-state index in [0.717, 1.165) is 0 Å². The normalized spacial score (nSPS) is 9.73. The van der Waals surface area contributed by atoms with Crippen molar-refractivity contribution < 1.29 is 9.59 Å². The molecule has 0 aliphatic carbocycles. The predicted molar refractivity (Wildman–Crippen MR) is 57.6 cm³/mol. The van der Waals surface area contributed by atoms with Gasteiger partial charge in [-0.05, 0) is 18.2 Å². The largest absolute Gasteiger partial charge is 0.368 e. The minimum Gasteiger partial charge on any atom is -0.368 e. The van der Waals surface area contributed by atoms with Crippen LogP contribution in [0.4, 0.5) is 0 Å². The summed E-state index contributed by atoms with van der Waals surface area (Å²) in [6.45, 7) is -0.106. The van der Waals surface area contributed by atoms with Gasteiger partial charge >= 0.3 is 0 Å². The number of nitrogens with two attached hydrogens (primary N) is 1. The molecule has 5 heteroatoms. The Balaban J connectivity index is 2.80. The quantitative estimate of drug-likeness (QED) is 0.832. The molecule has 0 fully saturated rings. The van der Waals surface area contributed by atoms with Crippen LogP contribution in [0.3, 0.4) is 0 Å². The molecule has 4 nitrogen and oxygen atoms in total. The van der Waals surface area contributed by atoms with Gasteiger partial charge in [0.05, 0.1) is 6.54 Å². The topological polar surface area (TPSA) is 63.4 Å². The molecule has 0 heterocycles. The maximum Gasteiger partial charge on any atom is 0.254 e. The molecule has 0 aliphatic heterocycles. The molecular formula is C10H11ClN2O2. The Bertz CT molecular complexity index is 393. The van der Waals surface area contributed by atoms with Crippen molar-refractivity contribution in [2.24, 2.45) is 5.73 Å². The van der Waals surface area contributed by atoms with Crippen molar-refractivity contribution in [1.29, 1.82) is 0 Å². The number of rotatable bonds is 3. The number of hydrogen-bond acceptors (Lipinski definition) is 2. The third-order valence-corrected chi connectivity index (χ3v) is 2.05. The Morgan fingerprint density at radius 1 is 1.47 bits per heavy atom. The van der Waals surface area contributed by atoms with Gasteiger partial charge in [-0.25, -0.2) is 0 Å². The molecule has 2 amide bonds. The van der Waals surface area contributed by atoms with E-state index in [-0.39, 0.29) is 12.5 Å². The van der Waals surface area contributed by atoms with Gasteiger partial charge < -0.3 is 10.6 Å². The van der Waals surface area contributed by atoms with E-state index in [9.17, 15) is 9.59 Å². The lowest BCUT2D eigenvalue weighted by Gasteiger charge is -2.14. The van der Waals surface area contributed by atoms with Gasteiger partial charge in [0.2, 0.25) is 5.91 Å². The average molecular weight is 227 g/mol. The Morgan fingerprint density at radius 3 is 2.67 bits per heavy atom. The molecule has 0 unspecified atom stereocenters. The summed E-state index contributed by atoms with van der Waals surface area (Å²) in [7, 11) is 1.51. The molecule has 1 rings (SSSR count). The predicted octanol–water partition coefficient (Wildman–Crippen LogP) is 0.897. The first-order valence-electron chi connectivity index (χ1n) is 4.30. The van der Waals surface area contributed by atoms with E-state index in [4.69, 9.17) is 17.3 Å². The first-order valence-corrected chi connectivity index (χ1v) is 4.68. The number of nitrogens with zero attached hydrogens (tertiary/aromatic N) is 1. The summed E-state index contributed by atoms with van der Waals surface area (Å²) < 4.78 is 0. The van der Waals surface area contributed by atoms with Crippen LogP contribution in [-0.2, 0) is 4.79 Å². The molecule has 0 radical (unpaired) electrons. The van der Waals surface area contributed by atoms with Crippen LogP contribution >= 0.6 is 11.6 Å². The summed E-state index contributed by atoms with van der Waals surface area (Å²) in [5, 5.41) is 0.480. The number of benzene rings is 1. The van der Waals surface area contributed by atoms with Crippen molar-refractivity contribution in [3.05, 3.63) is 34.9 Å². The van der Waals surface area contributed by atoms with E-state index >= 15 is 0 Å². The SMILES string of the molecule is CN(CC(N)=O)C(=O)c1cccc(Cl)c1. The van der Waals surface area contributed by atoms with Crippen molar-refractivity contribution in [2.75, 3.05) is 13.6 Å². The van der Waals surface area contributed by atoms with E-state index in [1.807, 2.05) is 0 Å². The lowest BCUT2D eigenvalue weighted by Crippen LogP contribution is -2.35. The number of carbonyl (C=O) groups excluding carboxylic acids is 2. The van der Waals surface area contributed by atoms with Crippen LogP contribution in [0.15, 0.2) is 24.3 Å². The van der Waals surface area contributed by atoms with Gasteiger partial charge in [-0.2, -0.15) is 0 Å². The van der Waals surface area contributed by atoms with Crippen LogP contribution in [0.5, 0.6) is 0 Å². The van der Waals surface area contributed by atoms with Crippen LogP contribution < -0.4 is 5.73 Å². The summed E-state index contributed by atoms with van der Waals surface area (Å²) in [5.74, 6) is -0.829.